The van der Waals surface area contributed by atoms with Crippen LogP contribution in [0.1, 0.15) is 37.0 Å². The van der Waals surface area contributed by atoms with Gasteiger partial charge in [-0.3, -0.25) is 4.79 Å². The van der Waals surface area contributed by atoms with E-state index in [4.69, 9.17) is 10.5 Å². The van der Waals surface area contributed by atoms with Gasteiger partial charge < -0.3 is 15.8 Å². The molecule has 3 N–H and O–H groups in total. The number of nitrogens with two attached hydrogens (primary N) is 1. The van der Waals surface area contributed by atoms with Crippen LogP contribution in [0.4, 0.5) is 0 Å². The molecule has 1 amide bonds. The van der Waals surface area contributed by atoms with Gasteiger partial charge in [-0.1, -0.05) is 20.3 Å². The quantitative estimate of drug-likeness (QED) is 0.707. The number of rotatable bonds is 8. The zero-order valence-corrected chi connectivity index (χ0v) is 11.8. The number of carbonyl (C=O) groups excluding carboxylic acids is 1. The van der Waals surface area contributed by atoms with E-state index in [9.17, 15) is 4.79 Å². The maximum absolute atomic E-state index is 11.8. The van der Waals surface area contributed by atoms with Gasteiger partial charge in [0.2, 0.25) is 0 Å². The molecule has 0 saturated carbocycles. The van der Waals surface area contributed by atoms with Crippen molar-refractivity contribution in [3.63, 3.8) is 0 Å². The minimum Gasteiger partial charge on any atom is -0.494 e. The van der Waals surface area contributed by atoms with E-state index in [2.05, 4.69) is 12.2 Å². The Morgan fingerprint density at radius 3 is 2.63 bits per heavy atom. The lowest BCUT2D eigenvalue weighted by atomic mass is 10.1. The summed E-state index contributed by atoms with van der Waals surface area (Å²) in [5, 5.41) is 2.86. The minimum absolute atomic E-state index is 0.0691. The standard InChI is InChI=1S/C15H24N2O2/c1-3-4-9-19-14-7-5-13(6-8-14)15(18)17-11-12(2)10-16/h5-8,12H,3-4,9-11,16H2,1-2H3,(H,17,18). The van der Waals surface area contributed by atoms with Gasteiger partial charge in [0.05, 0.1) is 6.61 Å². The van der Waals surface area contributed by atoms with Crippen molar-refractivity contribution in [3.05, 3.63) is 29.8 Å². The summed E-state index contributed by atoms with van der Waals surface area (Å²) >= 11 is 0. The first kappa shape index (κ1) is 15.5. The third kappa shape index (κ3) is 5.75. The van der Waals surface area contributed by atoms with Gasteiger partial charge in [0, 0.05) is 12.1 Å². The van der Waals surface area contributed by atoms with Crippen LogP contribution in [-0.2, 0) is 0 Å². The minimum atomic E-state index is -0.0691. The average molecular weight is 264 g/mol. The summed E-state index contributed by atoms with van der Waals surface area (Å²) in [6, 6.07) is 7.22. The molecule has 4 nitrogen and oxygen atoms in total. The van der Waals surface area contributed by atoms with Gasteiger partial charge >= 0.3 is 0 Å². The van der Waals surface area contributed by atoms with Crippen molar-refractivity contribution < 1.29 is 9.53 Å². The third-order valence-corrected chi connectivity index (χ3v) is 2.90. The molecule has 1 unspecified atom stereocenters. The summed E-state index contributed by atoms with van der Waals surface area (Å²) < 4.78 is 5.55. The predicted molar refractivity (Wildman–Crippen MR) is 77.4 cm³/mol. The van der Waals surface area contributed by atoms with E-state index >= 15 is 0 Å². The molecule has 0 aliphatic rings. The van der Waals surface area contributed by atoms with E-state index in [0.29, 0.717) is 24.6 Å². The van der Waals surface area contributed by atoms with Crippen molar-refractivity contribution in [2.75, 3.05) is 19.7 Å². The van der Waals surface area contributed by atoms with Gasteiger partial charge in [-0.05, 0) is 43.1 Å². The Bertz CT molecular complexity index is 376. The van der Waals surface area contributed by atoms with E-state index in [1.54, 1.807) is 12.1 Å². The zero-order chi connectivity index (χ0) is 14.1. The first-order chi connectivity index (χ1) is 9.17. The maximum Gasteiger partial charge on any atom is 0.251 e. The SMILES string of the molecule is CCCCOc1ccc(C(=O)NCC(C)CN)cc1. The van der Waals surface area contributed by atoms with E-state index in [1.807, 2.05) is 19.1 Å². The smallest absolute Gasteiger partial charge is 0.251 e. The molecule has 1 rings (SSSR count). The van der Waals surface area contributed by atoms with Crippen LogP contribution in [0, 0.1) is 5.92 Å². The van der Waals surface area contributed by atoms with Crippen LogP contribution in [0.25, 0.3) is 0 Å². The number of carbonyl (C=O) groups is 1. The van der Waals surface area contributed by atoms with Crippen molar-refractivity contribution >= 4 is 5.91 Å². The molecular formula is C15H24N2O2. The summed E-state index contributed by atoms with van der Waals surface area (Å²) in [7, 11) is 0. The lowest BCUT2D eigenvalue weighted by Crippen LogP contribution is -2.31. The fraction of sp³-hybridized carbons (Fsp3) is 0.533. The molecule has 0 fully saturated rings. The molecule has 4 heteroatoms. The Morgan fingerprint density at radius 1 is 1.37 bits per heavy atom. The predicted octanol–water partition coefficient (Wildman–Crippen LogP) is 2.19. The summed E-state index contributed by atoms with van der Waals surface area (Å²) in [6.45, 7) is 6.02. The highest BCUT2D eigenvalue weighted by Crippen LogP contribution is 2.12. The summed E-state index contributed by atoms with van der Waals surface area (Å²) in [5.41, 5.74) is 6.15. The van der Waals surface area contributed by atoms with Gasteiger partial charge in [-0.15, -0.1) is 0 Å². The highest BCUT2D eigenvalue weighted by Gasteiger charge is 2.07. The van der Waals surface area contributed by atoms with Crippen LogP contribution in [0.2, 0.25) is 0 Å². The number of ether oxygens (including phenoxy) is 1. The molecular weight excluding hydrogens is 240 g/mol. The van der Waals surface area contributed by atoms with Crippen molar-refractivity contribution in [1.82, 2.24) is 5.32 Å². The molecule has 1 aromatic rings. The third-order valence-electron chi connectivity index (χ3n) is 2.90. The Labute approximate surface area is 115 Å². The molecule has 0 spiro atoms. The van der Waals surface area contributed by atoms with E-state index < -0.39 is 0 Å². The molecule has 0 aromatic heterocycles. The Kier molecular flexibility index (Phi) is 6.97. The first-order valence-electron chi connectivity index (χ1n) is 6.88. The van der Waals surface area contributed by atoms with Crippen LogP contribution < -0.4 is 15.8 Å². The van der Waals surface area contributed by atoms with Crippen molar-refractivity contribution in [1.29, 1.82) is 0 Å². The van der Waals surface area contributed by atoms with Crippen LogP contribution in [0.15, 0.2) is 24.3 Å². The fourth-order valence-corrected chi connectivity index (χ4v) is 1.49. The lowest BCUT2D eigenvalue weighted by Gasteiger charge is -2.10. The molecule has 19 heavy (non-hydrogen) atoms. The molecule has 0 saturated heterocycles. The molecule has 0 radical (unpaired) electrons. The number of nitrogens with one attached hydrogen (secondary N) is 1. The van der Waals surface area contributed by atoms with Gasteiger partial charge in [-0.2, -0.15) is 0 Å². The van der Waals surface area contributed by atoms with Gasteiger partial charge in [0.15, 0.2) is 0 Å². The van der Waals surface area contributed by atoms with Crippen molar-refractivity contribution in [3.8, 4) is 5.75 Å². The molecule has 106 valence electrons. The molecule has 1 atom stereocenters. The molecule has 0 aliphatic carbocycles. The largest absolute Gasteiger partial charge is 0.494 e. The molecule has 0 bridgehead atoms. The second-order valence-corrected chi connectivity index (χ2v) is 4.78. The highest BCUT2D eigenvalue weighted by atomic mass is 16.5. The average Bonchev–Trinajstić information content (AvgIpc) is 2.45. The normalized spacial score (nSPS) is 11.9. The Morgan fingerprint density at radius 2 is 2.05 bits per heavy atom. The first-order valence-corrected chi connectivity index (χ1v) is 6.88. The number of amides is 1. The van der Waals surface area contributed by atoms with Crippen molar-refractivity contribution in [2.24, 2.45) is 11.7 Å². The molecule has 0 aliphatic heterocycles. The van der Waals surface area contributed by atoms with Crippen LogP contribution in [-0.4, -0.2) is 25.6 Å². The van der Waals surface area contributed by atoms with Gasteiger partial charge in [-0.25, -0.2) is 0 Å². The van der Waals surface area contributed by atoms with Gasteiger partial charge in [0.1, 0.15) is 5.75 Å². The number of unbranched alkanes of at least 4 members (excludes halogenated alkanes) is 1. The van der Waals surface area contributed by atoms with E-state index in [0.717, 1.165) is 25.2 Å². The monoisotopic (exact) mass is 264 g/mol. The molecule has 1 aromatic carbocycles. The Balaban J connectivity index is 2.44. The number of hydrogen-bond donors (Lipinski definition) is 2. The number of hydrogen-bond acceptors (Lipinski definition) is 3. The topological polar surface area (TPSA) is 64.3 Å². The van der Waals surface area contributed by atoms with Crippen LogP contribution >= 0.6 is 0 Å². The highest BCUT2D eigenvalue weighted by molar-refractivity contribution is 5.94. The zero-order valence-electron chi connectivity index (χ0n) is 11.8. The van der Waals surface area contributed by atoms with E-state index in [-0.39, 0.29) is 5.91 Å². The second-order valence-electron chi connectivity index (χ2n) is 4.78. The van der Waals surface area contributed by atoms with Crippen LogP contribution in [0.5, 0.6) is 5.75 Å². The summed E-state index contributed by atoms with van der Waals surface area (Å²) in [6.07, 6.45) is 2.15. The number of benzene rings is 1. The summed E-state index contributed by atoms with van der Waals surface area (Å²) in [4.78, 5) is 11.8. The Hall–Kier alpha value is -1.55. The summed E-state index contributed by atoms with van der Waals surface area (Å²) in [5.74, 6) is 1.03. The maximum atomic E-state index is 11.8. The molecule has 0 heterocycles. The lowest BCUT2D eigenvalue weighted by molar-refractivity contribution is 0.0948. The van der Waals surface area contributed by atoms with Gasteiger partial charge in [0.25, 0.3) is 5.91 Å². The van der Waals surface area contributed by atoms with Crippen LogP contribution in [0.3, 0.4) is 0 Å². The van der Waals surface area contributed by atoms with Crippen molar-refractivity contribution in [2.45, 2.75) is 26.7 Å². The van der Waals surface area contributed by atoms with E-state index in [1.165, 1.54) is 0 Å². The second kappa shape index (κ2) is 8.53. The fourth-order valence-electron chi connectivity index (χ4n) is 1.49.